The van der Waals surface area contributed by atoms with Crippen molar-refractivity contribution in [3.8, 4) is 0 Å². The molecule has 0 unspecified atom stereocenters. The SMILES string of the molecule is O=c1[nH]nc(Cc2c[nH]c3ccccc23)n1C1CCCC1. The van der Waals surface area contributed by atoms with Crippen LogP contribution in [0.4, 0.5) is 0 Å². The van der Waals surface area contributed by atoms with E-state index in [2.05, 4.69) is 27.3 Å². The van der Waals surface area contributed by atoms with Gasteiger partial charge in [-0.25, -0.2) is 9.89 Å². The van der Waals surface area contributed by atoms with Crippen LogP contribution in [0.25, 0.3) is 10.9 Å². The molecule has 2 aromatic heterocycles. The number of hydrogen-bond acceptors (Lipinski definition) is 2. The Balaban J connectivity index is 1.73. The maximum absolute atomic E-state index is 12.1. The summed E-state index contributed by atoms with van der Waals surface area (Å²) in [5.74, 6) is 0.844. The third kappa shape index (κ3) is 2.09. The van der Waals surface area contributed by atoms with Gasteiger partial charge in [0.05, 0.1) is 0 Å². The van der Waals surface area contributed by atoms with Gasteiger partial charge in [-0.1, -0.05) is 31.0 Å². The van der Waals surface area contributed by atoms with E-state index in [-0.39, 0.29) is 5.69 Å². The van der Waals surface area contributed by atoms with Crippen molar-refractivity contribution >= 4 is 10.9 Å². The molecular weight excluding hydrogens is 264 g/mol. The standard InChI is InChI=1S/C16H18N4O/c21-16-19-18-15(20(16)12-5-1-2-6-12)9-11-10-17-14-8-4-3-7-13(11)14/h3-4,7-8,10,12,17H,1-2,5-6,9H2,(H,19,21). The molecule has 1 aliphatic rings. The van der Waals surface area contributed by atoms with Crippen LogP contribution < -0.4 is 5.69 Å². The molecule has 5 heteroatoms. The summed E-state index contributed by atoms with van der Waals surface area (Å²) < 4.78 is 1.87. The van der Waals surface area contributed by atoms with Crippen molar-refractivity contribution in [3.05, 3.63) is 52.3 Å². The number of rotatable bonds is 3. The summed E-state index contributed by atoms with van der Waals surface area (Å²) in [5.41, 5.74) is 2.23. The monoisotopic (exact) mass is 282 g/mol. The molecule has 0 amide bonds. The minimum absolute atomic E-state index is 0.0725. The van der Waals surface area contributed by atoms with Crippen LogP contribution in [-0.2, 0) is 6.42 Å². The summed E-state index contributed by atoms with van der Waals surface area (Å²) >= 11 is 0. The zero-order valence-corrected chi connectivity index (χ0v) is 11.8. The van der Waals surface area contributed by atoms with Gasteiger partial charge in [-0.2, -0.15) is 5.10 Å². The lowest BCUT2D eigenvalue weighted by atomic mass is 10.1. The first-order valence-electron chi connectivity index (χ1n) is 7.54. The number of hydrogen-bond donors (Lipinski definition) is 2. The molecule has 0 saturated heterocycles. The van der Waals surface area contributed by atoms with Crippen LogP contribution in [0.5, 0.6) is 0 Å². The first kappa shape index (κ1) is 12.4. The highest BCUT2D eigenvalue weighted by Gasteiger charge is 2.22. The zero-order chi connectivity index (χ0) is 14.2. The Bertz CT molecular complexity index is 820. The Morgan fingerprint density at radius 3 is 2.90 bits per heavy atom. The maximum Gasteiger partial charge on any atom is 0.343 e. The summed E-state index contributed by atoms with van der Waals surface area (Å²) in [7, 11) is 0. The Morgan fingerprint density at radius 2 is 2.05 bits per heavy atom. The lowest BCUT2D eigenvalue weighted by Gasteiger charge is -2.12. The van der Waals surface area contributed by atoms with Crippen molar-refractivity contribution in [3.63, 3.8) is 0 Å². The van der Waals surface area contributed by atoms with Crippen LogP contribution in [0.3, 0.4) is 0 Å². The Kier molecular flexibility index (Phi) is 2.91. The van der Waals surface area contributed by atoms with E-state index in [1.54, 1.807) is 0 Å². The second-order valence-corrected chi connectivity index (χ2v) is 5.79. The first-order valence-corrected chi connectivity index (χ1v) is 7.54. The lowest BCUT2D eigenvalue weighted by molar-refractivity contribution is 0.488. The van der Waals surface area contributed by atoms with Gasteiger partial charge < -0.3 is 4.98 Å². The van der Waals surface area contributed by atoms with Gasteiger partial charge in [-0.05, 0) is 24.5 Å². The number of H-pyrrole nitrogens is 2. The van der Waals surface area contributed by atoms with E-state index in [1.807, 2.05) is 22.9 Å². The van der Waals surface area contributed by atoms with E-state index >= 15 is 0 Å². The van der Waals surface area contributed by atoms with Crippen molar-refractivity contribution in [2.75, 3.05) is 0 Å². The predicted octanol–water partition coefficient (Wildman–Crippen LogP) is 2.76. The fourth-order valence-electron chi connectivity index (χ4n) is 3.45. The zero-order valence-electron chi connectivity index (χ0n) is 11.8. The van der Waals surface area contributed by atoms with Crippen LogP contribution in [0.2, 0.25) is 0 Å². The van der Waals surface area contributed by atoms with E-state index < -0.39 is 0 Å². The van der Waals surface area contributed by atoms with Gasteiger partial charge in [-0.3, -0.25) is 4.57 Å². The number of para-hydroxylation sites is 1. The summed E-state index contributed by atoms with van der Waals surface area (Å²) in [4.78, 5) is 15.3. The molecule has 5 nitrogen and oxygen atoms in total. The molecule has 1 aromatic carbocycles. The van der Waals surface area contributed by atoms with Crippen molar-refractivity contribution in [2.24, 2.45) is 0 Å². The third-order valence-corrected chi connectivity index (χ3v) is 4.49. The predicted molar refractivity (Wildman–Crippen MR) is 81.5 cm³/mol. The largest absolute Gasteiger partial charge is 0.361 e. The van der Waals surface area contributed by atoms with Crippen molar-refractivity contribution < 1.29 is 0 Å². The molecule has 21 heavy (non-hydrogen) atoms. The fraction of sp³-hybridized carbons (Fsp3) is 0.375. The van der Waals surface area contributed by atoms with Gasteiger partial charge in [0.15, 0.2) is 0 Å². The number of nitrogens with zero attached hydrogens (tertiary/aromatic N) is 2. The molecule has 2 N–H and O–H groups in total. The van der Waals surface area contributed by atoms with E-state index in [9.17, 15) is 4.79 Å². The smallest absolute Gasteiger partial charge is 0.343 e. The van der Waals surface area contributed by atoms with E-state index in [0.29, 0.717) is 12.5 Å². The summed E-state index contributed by atoms with van der Waals surface area (Å²) in [5, 5.41) is 8.08. The number of benzene rings is 1. The molecular formula is C16H18N4O. The Hall–Kier alpha value is -2.30. The quantitative estimate of drug-likeness (QED) is 0.775. The number of nitrogens with one attached hydrogen (secondary N) is 2. The second-order valence-electron chi connectivity index (χ2n) is 5.79. The molecule has 1 aliphatic carbocycles. The average Bonchev–Trinajstić information content (AvgIpc) is 3.21. The van der Waals surface area contributed by atoms with Gasteiger partial charge in [0.1, 0.15) is 5.82 Å². The number of fused-ring (bicyclic) bond motifs is 1. The van der Waals surface area contributed by atoms with Crippen LogP contribution in [0.15, 0.2) is 35.3 Å². The molecule has 3 aromatic rings. The number of aromatic nitrogens is 4. The van der Waals surface area contributed by atoms with Crippen LogP contribution in [0.1, 0.15) is 43.1 Å². The minimum Gasteiger partial charge on any atom is -0.361 e. The summed E-state index contributed by atoms with van der Waals surface area (Å²) in [6, 6.07) is 8.54. The van der Waals surface area contributed by atoms with E-state index in [0.717, 1.165) is 24.2 Å². The van der Waals surface area contributed by atoms with Crippen molar-refractivity contribution in [1.29, 1.82) is 0 Å². The molecule has 1 saturated carbocycles. The van der Waals surface area contributed by atoms with Gasteiger partial charge >= 0.3 is 5.69 Å². The van der Waals surface area contributed by atoms with Gasteiger partial charge in [-0.15, -0.1) is 0 Å². The Labute approximate surface area is 122 Å². The highest BCUT2D eigenvalue weighted by atomic mass is 16.1. The normalized spacial score (nSPS) is 16.0. The minimum atomic E-state index is -0.0725. The molecule has 0 spiro atoms. The third-order valence-electron chi connectivity index (χ3n) is 4.49. The molecule has 0 radical (unpaired) electrons. The molecule has 4 rings (SSSR count). The van der Waals surface area contributed by atoms with Crippen molar-refractivity contribution in [1.82, 2.24) is 19.7 Å². The van der Waals surface area contributed by atoms with E-state index in [4.69, 9.17) is 0 Å². The second kappa shape index (κ2) is 4.91. The Morgan fingerprint density at radius 1 is 1.24 bits per heavy atom. The van der Waals surface area contributed by atoms with Crippen molar-refractivity contribution in [2.45, 2.75) is 38.1 Å². The maximum atomic E-state index is 12.1. The highest BCUT2D eigenvalue weighted by molar-refractivity contribution is 5.83. The molecule has 0 bridgehead atoms. The average molecular weight is 282 g/mol. The van der Waals surface area contributed by atoms with Gasteiger partial charge in [0, 0.05) is 29.6 Å². The fourth-order valence-corrected chi connectivity index (χ4v) is 3.45. The molecule has 1 fully saturated rings. The topological polar surface area (TPSA) is 66.5 Å². The van der Waals surface area contributed by atoms with E-state index in [1.165, 1.54) is 23.8 Å². The van der Waals surface area contributed by atoms with Gasteiger partial charge in [0.2, 0.25) is 0 Å². The van der Waals surface area contributed by atoms with Crippen LogP contribution in [0, 0.1) is 0 Å². The van der Waals surface area contributed by atoms with Crippen LogP contribution in [-0.4, -0.2) is 19.7 Å². The first-order chi connectivity index (χ1) is 10.3. The molecule has 2 heterocycles. The molecule has 0 aliphatic heterocycles. The number of aromatic amines is 2. The van der Waals surface area contributed by atoms with Gasteiger partial charge in [0.25, 0.3) is 0 Å². The highest BCUT2D eigenvalue weighted by Crippen LogP contribution is 2.29. The molecule has 108 valence electrons. The summed E-state index contributed by atoms with van der Waals surface area (Å²) in [6.07, 6.45) is 7.27. The lowest BCUT2D eigenvalue weighted by Crippen LogP contribution is -2.22. The molecule has 0 atom stereocenters. The van der Waals surface area contributed by atoms with Crippen LogP contribution >= 0.6 is 0 Å². The summed E-state index contributed by atoms with van der Waals surface area (Å²) in [6.45, 7) is 0.